The smallest absolute Gasteiger partial charge is 0.295 e. The van der Waals surface area contributed by atoms with E-state index in [2.05, 4.69) is 15.2 Å². The van der Waals surface area contributed by atoms with E-state index in [9.17, 15) is 4.79 Å². The van der Waals surface area contributed by atoms with Crippen molar-refractivity contribution in [2.45, 2.75) is 0 Å². The van der Waals surface area contributed by atoms with Crippen LogP contribution >= 0.6 is 0 Å². The van der Waals surface area contributed by atoms with Gasteiger partial charge in [-0.05, 0) is 12.1 Å². The molecule has 0 aliphatic rings. The van der Waals surface area contributed by atoms with Gasteiger partial charge in [-0.3, -0.25) is 9.89 Å². The number of rotatable bonds is 2. The Labute approximate surface area is 86.8 Å². The van der Waals surface area contributed by atoms with Gasteiger partial charge in [-0.25, -0.2) is 4.98 Å². The van der Waals surface area contributed by atoms with Gasteiger partial charge in [0.2, 0.25) is 5.82 Å². The summed E-state index contributed by atoms with van der Waals surface area (Å²) >= 11 is 0. The summed E-state index contributed by atoms with van der Waals surface area (Å²) in [5.41, 5.74) is 0.818. The molecule has 0 saturated heterocycles. The summed E-state index contributed by atoms with van der Waals surface area (Å²) in [6.45, 7) is 0. The zero-order valence-electron chi connectivity index (χ0n) is 8.21. The number of hydrogen-bond donors (Lipinski definition) is 1. The van der Waals surface area contributed by atoms with E-state index in [-0.39, 0.29) is 11.7 Å². The Morgan fingerprint density at radius 1 is 1.33 bits per heavy atom. The summed E-state index contributed by atoms with van der Waals surface area (Å²) in [7, 11) is 1.69. The topological polar surface area (TPSA) is 61.9 Å². The van der Waals surface area contributed by atoms with E-state index >= 15 is 0 Å². The Kier molecular flexibility index (Phi) is 2.45. The Hall–Kier alpha value is -2.17. The average Bonchev–Trinajstić information content (AvgIpc) is 2.82. The van der Waals surface area contributed by atoms with Crippen molar-refractivity contribution in [2.24, 2.45) is 0 Å². The second-order valence-corrected chi connectivity index (χ2v) is 3.03. The van der Waals surface area contributed by atoms with E-state index in [4.69, 9.17) is 0 Å². The van der Waals surface area contributed by atoms with Crippen molar-refractivity contribution in [3.8, 4) is 0 Å². The molecule has 1 N–H and O–H groups in total. The number of amides is 1. The molecule has 2 rings (SSSR count). The maximum Gasteiger partial charge on any atom is 0.295 e. The maximum atomic E-state index is 11.8. The number of anilines is 1. The summed E-state index contributed by atoms with van der Waals surface area (Å²) in [5, 5.41) is 6.17. The van der Waals surface area contributed by atoms with E-state index in [1.165, 1.54) is 11.2 Å². The lowest BCUT2D eigenvalue weighted by molar-refractivity contribution is 0.0983. The summed E-state index contributed by atoms with van der Waals surface area (Å²) in [6, 6.07) is 9.36. The third kappa shape index (κ3) is 1.85. The zero-order valence-corrected chi connectivity index (χ0v) is 8.21. The van der Waals surface area contributed by atoms with Crippen molar-refractivity contribution < 1.29 is 4.79 Å². The molecule has 0 radical (unpaired) electrons. The Balaban J connectivity index is 2.23. The molecular formula is C10H10N4O. The van der Waals surface area contributed by atoms with Gasteiger partial charge in [-0.15, -0.1) is 0 Å². The van der Waals surface area contributed by atoms with Crippen LogP contribution in [0.5, 0.6) is 0 Å². The van der Waals surface area contributed by atoms with Crippen LogP contribution in [0.25, 0.3) is 0 Å². The average molecular weight is 202 g/mol. The van der Waals surface area contributed by atoms with E-state index in [1.54, 1.807) is 7.05 Å². The quantitative estimate of drug-likeness (QED) is 0.792. The molecule has 15 heavy (non-hydrogen) atoms. The van der Waals surface area contributed by atoms with Gasteiger partial charge >= 0.3 is 0 Å². The predicted octanol–water partition coefficient (Wildman–Crippen LogP) is 1.08. The molecule has 1 heterocycles. The Morgan fingerprint density at radius 2 is 2.07 bits per heavy atom. The number of aromatic nitrogens is 3. The van der Waals surface area contributed by atoms with Gasteiger partial charge in [0.1, 0.15) is 6.33 Å². The molecule has 5 heteroatoms. The first kappa shape index (κ1) is 9.39. The third-order valence-electron chi connectivity index (χ3n) is 2.07. The zero-order chi connectivity index (χ0) is 10.7. The highest BCUT2D eigenvalue weighted by atomic mass is 16.2. The molecule has 76 valence electrons. The number of carbonyl (C=O) groups excluding carboxylic acids is 1. The molecule has 1 aromatic heterocycles. The van der Waals surface area contributed by atoms with E-state index in [1.807, 2.05) is 30.3 Å². The van der Waals surface area contributed by atoms with Crippen molar-refractivity contribution in [1.82, 2.24) is 15.2 Å². The monoisotopic (exact) mass is 202 g/mol. The van der Waals surface area contributed by atoms with Crippen molar-refractivity contribution in [1.29, 1.82) is 0 Å². The molecule has 0 bridgehead atoms. The molecule has 1 amide bonds. The summed E-state index contributed by atoms with van der Waals surface area (Å²) in [5.74, 6) is 0.0278. The number of aromatic amines is 1. The van der Waals surface area contributed by atoms with Crippen LogP contribution in [0, 0.1) is 0 Å². The standard InChI is InChI=1S/C10H10N4O/c1-14(8-5-3-2-4-6-8)10(15)9-11-7-12-13-9/h2-7H,1H3,(H,11,12,13). The van der Waals surface area contributed by atoms with Crippen molar-refractivity contribution in [2.75, 3.05) is 11.9 Å². The van der Waals surface area contributed by atoms with E-state index < -0.39 is 0 Å². The first-order valence-corrected chi connectivity index (χ1v) is 4.47. The lowest BCUT2D eigenvalue weighted by Crippen LogP contribution is -2.27. The largest absolute Gasteiger partial charge is 0.309 e. The number of H-pyrrole nitrogens is 1. The molecule has 0 spiro atoms. The van der Waals surface area contributed by atoms with Gasteiger partial charge in [0, 0.05) is 12.7 Å². The van der Waals surface area contributed by atoms with Crippen molar-refractivity contribution >= 4 is 11.6 Å². The molecule has 0 atom stereocenters. The molecule has 0 saturated carbocycles. The Morgan fingerprint density at radius 3 is 2.67 bits per heavy atom. The van der Waals surface area contributed by atoms with Crippen LogP contribution in [0.1, 0.15) is 10.6 Å². The summed E-state index contributed by atoms with van der Waals surface area (Å²) in [4.78, 5) is 17.1. The number of para-hydroxylation sites is 1. The highest BCUT2D eigenvalue weighted by Crippen LogP contribution is 2.12. The van der Waals surface area contributed by atoms with Crippen LogP contribution < -0.4 is 4.90 Å². The molecule has 0 aliphatic heterocycles. The lowest BCUT2D eigenvalue weighted by atomic mass is 10.3. The third-order valence-corrected chi connectivity index (χ3v) is 2.07. The number of hydrogen-bond acceptors (Lipinski definition) is 3. The van der Waals surface area contributed by atoms with Crippen LogP contribution in [0.2, 0.25) is 0 Å². The van der Waals surface area contributed by atoms with Crippen molar-refractivity contribution in [3.63, 3.8) is 0 Å². The Bertz CT molecular complexity index is 438. The highest BCUT2D eigenvalue weighted by molar-refractivity contribution is 6.02. The minimum Gasteiger partial charge on any atom is -0.309 e. The van der Waals surface area contributed by atoms with Gasteiger partial charge in [0.25, 0.3) is 5.91 Å². The van der Waals surface area contributed by atoms with Crippen LogP contribution in [-0.4, -0.2) is 28.1 Å². The van der Waals surface area contributed by atoms with Gasteiger partial charge < -0.3 is 4.90 Å². The maximum absolute atomic E-state index is 11.8. The second kappa shape index (κ2) is 3.91. The number of nitrogens with one attached hydrogen (secondary N) is 1. The number of carbonyl (C=O) groups is 1. The van der Waals surface area contributed by atoms with Crippen LogP contribution in [0.3, 0.4) is 0 Å². The van der Waals surface area contributed by atoms with Gasteiger partial charge in [-0.2, -0.15) is 5.10 Å². The van der Waals surface area contributed by atoms with Gasteiger partial charge in [-0.1, -0.05) is 18.2 Å². The first-order valence-electron chi connectivity index (χ1n) is 4.47. The van der Waals surface area contributed by atoms with Crippen LogP contribution in [0.4, 0.5) is 5.69 Å². The molecule has 2 aromatic rings. The minimum atomic E-state index is -0.210. The summed E-state index contributed by atoms with van der Waals surface area (Å²) < 4.78 is 0. The van der Waals surface area contributed by atoms with Gasteiger partial charge in [0.15, 0.2) is 0 Å². The van der Waals surface area contributed by atoms with Crippen LogP contribution in [0.15, 0.2) is 36.7 Å². The molecule has 0 aliphatic carbocycles. The predicted molar refractivity (Wildman–Crippen MR) is 55.6 cm³/mol. The van der Waals surface area contributed by atoms with E-state index in [0.29, 0.717) is 0 Å². The molecule has 1 aromatic carbocycles. The SMILES string of the molecule is CN(C(=O)c1ncn[nH]1)c1ccccc1. The van der Waals surface area contributed by atoms with Crippen LogP contribution in [-0.2, 0) is 0 Å². The highest BCUT2D eigenvalue weighted by Gasteiger charge is 2.15. The number of nitrogens with zero attached hydrogens (tertiary/aromatic N) is 3. The summed E-state index contributed by atoms with van der Waals surface area (Å²) in [6.07, 6.45) is 1.31. The number of benzene rings is 1. The fourth-order valence-corrected chi connectivity index (χ4v) is 1.24. The molecule has 0 unspecified atom stereocenters. The van der Waals surface area contributed by atoms with Crippen molar-refractivity contribution in [3.05, 3.63) is 42.5 Å². The second-order valence-electron chi connectivity index (χ2n) is 3.03. The molecule has 0 fully saturated rings. The molecular weight excluding hydrogens is 192 g/mol. The lowest BCUT2D eigenvalue weighted by Gasteiger charge is -2.14. The minimum absolute atomic E-state index is 0.210. The van der Waals surface area contributed by atoms with E-state index in [0.717, 1.165) is 5.69 Å². The first-order chi connectivity index (χ1) is 7.29. The fraction of sp³-hybridized carbons (Fsp3) is 0.100. The normalized spacial score (nSPS) is 9.93. The van der Waals surface area contributed by atoms with Gasteiger partial charge in [0.05, 0.1) is 0 Å². The molecule has 5 nitrogen and oxygen atoms in total. The fourth-order valence-electron chi connectivity index (χ4n) is 1.24.